The van der Waals surface area contributed by atoms with E-state index in [2.05, 4.69) is 228 Å². The Bertz CT molecular complexity index is 3690. The third kappa shape index (κ3) is 4.89. The van der Waals surface area contributed by atoms with Gasteiger partial charge in [-0.25, -0.2) is 0 Å². The van der Waals surface area contributed by atoms with Crippen LogP contribution in [0.25, 0.3) is 76.7 Å². The first kappa shape index (κ1) is 34.1. The standard InChI is InChI=1S/C56H38BN4/c1-34-27-28-46(35(2)31-34)58-47-29-30-50-53(43-23-13-21-41-39-19-9-11-25-48(39)60(50)55(41)43)52(47)44-32-38(59(36-15-5-3-6-16-36)37-17-7-4-8-18-37)33-51-54(44)57-45-24-14-22-42-40-20-10-12-26-49(40)61(51)56(42)45/h3-33,58H,1-2H3. The highest BCUT2D eigenvalue weighted by Crippen LogP contribution is 2.48. The van der Waals surface area contributed by atoms with Crippen LogP contribution in [0.1, 0.15) is 11.1 Å². The highest BCUT2D eigenvalue weighted by atomic mass is 15.1. The molecule has 0 spiro atoms. The van der Waals surface area contributed by atoms with Gasteiger partial charge in [0.15, 0.2) is 7.28 Å². The first-order valence-corrected chi connectivity index (χ1v) is 21.1. The molecule has 4 nitrogen and oxygen atoms in total. The van der Waals surface area contributed by atoms with E-state index in [0.717, 1.165) is 34.1 Å². The minimum atomic E-state index is 1.07. The van der Waals surface area contributed by atoms with Crippen molar-refractivity contribution in [3.8, 4) is 16.8 Å². The molecule has 0 saturated carbocycles. The summed E-state index contributed by atoms with van der Waals surface area (Å²) in [4.78, 5) is 2.41. The van der Waals surface area contributed by atoms with Crippen LogP contribution in [-0.4, -0.2) is 16.2 Å². The van der Waals surface area contributed by atoms with Crippen molar-refractivity contribution in [2.24, 2.45) is 0 Å². The van der Waals surface area contributed by atoms with Gasteiger partial charge < -0.3 is 19.2 Å². The van der Waals surface area contributed by atoms with Crippen LogP contribution in [0.15, 0.2) is 188 Å². The van der Waals surface area contributed by atoms with Gasteiger partial charge in [0.1, 0.15) is 0 Å². The summed E-state index contributed by atoms with van der Waals surface area (Å²) in [5.74, 6) is 0. The van der Waals surface area contributed by atoms with E-state index in [1.807, 2.05) is 0 Å². The van der Waals surface area contributed by atoms with Crippen molar-refractivity contribution >= 4 is 107 Å². The molecule has 5 heteroatoms. The number of rotatable bonds is 6. The summed E-state index contributed by atoms with van der Waals surface area (Å²) in [6.45, 7) is 4.36. The lowest BCUT2D eigenvalue weighted by molar-refractivity contribution is 1.18. The number of fused-ring (bicyclic) bond motifs is 11. The summed E-state index contributed by atoms with van der Waals surface area (Å²) in [6, 6.07) is 69.1. The summed E-state index contributed by atoms with van der Waals surface area (Å²) in [5.41, 5.74) is 19.9. The maximum Gasteiger partial charge on any atom is 0.197 e. The third-order valence-corrected chi connectivity index (χ3v) is 13.0. The van der Waals surface area contributed by atoms with Crippen LogP contribution in [0.2, 0.25) is 0 Å². The Labute approximate surface area is 354 Å². The van der Waals surface area contributed by atoms with Gasteiger partial charge in [0, 0.05) is 77.5 Å². The first-order valence-electron chi connectivity index (χ1n) is 21.1. The highest BCUT2D eigenvalue weighted by molar-refractivity contribution is 6.73. The molecule has 13 rings (SSSR count). The van der Waals surface area contributed by atoms with E-state index in [0.29, 0.717) is 0 Å². The van der Waals surface area contributed by atoms with Crippen molar-refractivity contribution in [3.63, 3.8) is 0 Å². The zero-order valence-electron chi connectivity index (χ0n) is 33.8. The number of hydrogen-bond acceptors (Lipinski definition) is 2. The Morgan fingerprint density at radius 3 is 1.85 bits per heavy atom. The molecule has 3 aromatic heterocycles. The predicted octanol–water partition coefficient (Wildman–Crippen LogP) is 13.4. The van der Waals surface area contributed by atoms with Gasteiger partial charge in [0.05, 0.1) is 22.1 Å². The molecule has 12 aromatic rings. The SMILES string of the molecule is Cc1ccc(Nc2ccc3c(c2-c2cc(N(c4ccccc4)c4ccccc4)cc4c2[B]c2cccc5c6ccccc6n-4c25)c2cccc4c5ccccc5n3c42)c(C)c1. The van der Waals surface area contributed by atoms with Gasteiger partial charge in [-0.1, -0.05) is 132 Å². The molecule has 0 fully saturated rings. The summed E-state index contributed by atoms with van der Waals surface area (Å²) in [7, 11) is 2.44. The van der Waals surface area contributed by atoms with E-state index in [-0.39, 0.29) is 0 Å². The fraction of sp³-hybridized carbons (Fsp3) is 0.0357. The Kier molecular flexibility index (Phi) is 7.20. The quantitative estimate of drug-likeness (QED) is 0.170. The van der Waals surface area contributed by atoms with Crippen molar-refractivity contribution in [2.75, 3.05) is 10.2 Å². The van der Waals surface area contributed by atoms with Crippen LogP contribution in [0.3, 0.4) is 0 Å². The average Bonchev–Trinajstić information content (AvgIpc) is 3.95. The Balaban J connectivity index is 1.21. The fourth-order valence-electron chi connectivity index (χ4n) is 10.5. The molecule has 0 atom stereocenters. The van der Waals surface area contributed by atoms with E-state index < -0.39 is 0 Å². The van der Waals surface area contributed by atoms with Crippen molar-refractivity contribution in [3.05, 3.63) is 199 Å². The van der Waals surface area contributed by atoms with Crippen LogP contribution < -0.4 is 21.1 Å². The third-order valence-electron chi connectivity index (χ3n) is 13.0. The Hall–Kier alpha value is -7.76. The minimum absolute atomic E-state index is 1.07. The average molecular weight is 778 g/mol. The molecule has 1 N–H and O–H groups in total. The molecule has 4 heterocycles. The molecule has 0 aliphatic carbocycles. The highest BCUT2D eigenvalue weighted by Gasteiger charge is 2.30. The van der Waals surface area contributed by atoms with Gasteiger partial charge in [-0.05, 0) is 97.2 Å². The normalized spacial score (nSPS) is 12.2. The van der Waals surface area contributed by atoms with E-state index in [1.165, 1.54) is 93.1 Å². The molecule has 9 aromatic carbocycles. The lowest BCUT2D eigenvalue weighted by atomic mass is 9.59. The van der Waals surface area contributed by atoms with Crippen molar-refractivity contribution < 1.29 is 0 Å². The van der Waals surface area contributed by atoms with Gasteiger partial charge in [-0.2, -0.15) is 0 Å². The molecule has 0 saturated heterocycles. The molecule has 1 aliphatic heterocycles. The van der Waals surface area contributed by atoms with E-state index in [9.17, 15) is 0 Å². The van der Waals surface area contributed by atoms with Gasteiger partial charge in [-0.15, -0.1) is 0 Å². The predicted molar refractivity (Wildman–Crippen MR) is 260 cm³/mol. The molecule has 1 radical (unpaired) electrons. The van der Waals surface area contributed by atoms with Gasteiger partial charge in [0.25, 0.3) is 0 Å². The Morgan fingerprint density at radius 1 is 0.475 bits per heavy atom. The van der Waals surface area contributed by atoms with Crippen LogP contribution >= 0.6 is 0 Å². The summed E-state index contributed by atoms with van der Waals surface area (Å²) >= 11 is 0. The Morgan fingerprint density at radius 2 is 1.10 bits per heavy atom. The van der Waals surface area contributed by atoms with Crippen LogP contribution in [0.5, 0.6) is 0 Å². The molecule has 0 amide bonds. The number of aromatic nitrogens is 2. The zero-order valence-corrected chi connectivity index (χ0v) is 33.8. The maximum atomic E-state index is 4.02. The zero-order chi connectivity index (χ0) is 40.3. The molecule has 1 aliphatic rings. The van der Waals surface area contributed by atoms with Crippen molar-refractivity contribution in [1.29, 1.82) is 0 Å². The monoisotopic (exact) mass is 777 g/mol. The molecule has 0 bridgehead atoms. The molecular formula is C56H38BN4. The summed E-state index contributed by atoms with van der Waals surface area (Å²) in [5, 5.41) is 11.6. The van der Waals surface area contributed by atoms with Crippen LogP contribution in [-0.2, 0) is 0 Å². The number of para-hydroxylation sites is 6. The number of anilines is 5. The first-order chi connectivity index (χ1) is 30.1. The summed E-state index contributed by atoms with van der Waals surface area (Å²) < 4.78 is 5.02. The van der Waals surface area contributed by atoms with Crippen molar-refractivity contribution in [1.82, 2.24) is 8.97 Å². The lowest BCUT2D eigenvalue weighted by Crippen LogP contribution is -2.37. The van der Waals surface area contributed by atoms with E-state index >= 15 is 0 Å². The van der Waals surface area contributed by atoms with Crippen LogP contribution in [0.4, 0.5) is 28.4 Å². The molecule has 61 heavy (non-hydrogen) atoms. The number of nitrogens with one attached hydrogen (secondary N) is 1. The second-order valence-electron chi connectivity index (χ2n) is 16.6. The lowest BCUT2D eigenvalue weighted by Gasteiger charge is -2.30. The second kappa shape index (κ2) is 12.9. The number of aryl methyl sites for hydroxylation is 2. The van der Waals surface area contributed by atoms with Gasteiger partial charge in [0.2, 0.25) is 0 Å². The maximum absolute atomic E-state index is 4.02. The van der Waals surface area contributed by atoms with E-state index in [1.54, 1.807) is 0 Å². The number of benzene rings is 9. The number of nitrogens with zero attached hydrogens (tertiary/aromatic N) is 3. The fourth-order valence-corrected chi connectivity index (χ4v) is 10.5. The summed E-state index contributed by atoms with van der Waals surface area (Å²) in [6.07, 6.45) is 0. The molecule has 285 valence electrons. The number of hydrogen-bond donors (Lipinski definition) is 1. The topological polar surface area (TPSA) is 24.6 Å². The smallest absolute Gasteiger partial charge is 0.197 e. The molecule has 0 unspecified atom stereocenters. The largest absolute Gasteiger partial charge is 0.355 e. The molecular weight excluding hydrogens is 739 g/mol. The van der Waals surface area contributed by atoms with E-state index in [4.69, 9.17) is 0 Å². The van der Waals surface area contributed by atoms with Gasteiger partial charge in [-0.3, -0.25) is 0 Å². The van der Waals surface area contributed by atoms with Crippen LogP contribution in [0, 0.1) is 13.8 Å². The second-order valence-corrected chi connectivity index (χ2v) is 16.6. The minimum Gasteiger partial charge on any atom is -0.355 e. The van der Waals surface area contributed by atoms with Crippen molar-refractivity contribution in [2.45, 2.75) is 13.8 Å². The van der Waals surface area contributed by atoms with Gasteiger partial charge >= 0.3 is 0 Å².